The molecule has 0 bridgehead atoms. The van der Waals surface area contributed by atoms with Crippen molar-refractivity contribution in [2.45, 2.75) is 12.8 Å². The fourth-order valence-corrected chi connectivity index (χ4v) is 0.912. The number of hydrogen-bond acceptors (Lipinski definition) is 1. The Bertz CT molecular complexity index is 231. The second-order valence-electron chi connectivity index (χ2n) is 2.45. The SMILES string of the molecule is NC(=[18O])CCc1ccccc1. The zero-order chi connectivity index (χ0) is 8.10. The van der Waals surface area contributed by atoms with Gasteiger partial charge in [-0.25, -0.2) is 0 Å². The molecule has 0 radical (unpaired) electrons. The van der Waals surface area contributed by atoms with E-state index in [0.717, 1.165) is 12.0 Å². The number of aryl methyl sites for hydroxylation is 1. The van der Waals surface area contributed by atoms with E-state index in [1.165, 1.54) is 0 Å². The van der Waals surface area contributed by atoms with Crippen LogP contribution in [0.2, 0.25) is 0 Å². The van der Waals surface area contributed by atoms with Gasteiger partial charge in [-0.1, -0.05) is 30.3 Å². The lowest BCUT2D eigenvalue weighted by molar-refractivity contribution is -0.117. The van der Waals surface area contributed by atoms with Crippen LogP contribution in [0.15, 0.2) is 30.3 Å². The molecule has 0 aliphatic rings. The van der Waals surface area contributed by atoms with E-state index in [4.69, 9.17) is 5.73 Å². The average molecular weight is 151 g/mol. The summed E-state index contributed by atoms with van der Waals surface area (Å²) in [6.45, 7) is 0. The number of primary amides is 1. The minimum atomic E-state index is -0.242. The molecule has 58 valence electrons. The summed E-state index contributed by atoms with van der Waals surface area (Å²) >= 11 is 0. The van der Waals surface area contributed by atoms with E-state index in [-0.39, 0.29) is 5.91 Å². The summed E-state index contributed by atoms with van der Waals surface area (Å²) in [4.78, 5) is 10.4. The molecule has 2 heteroatoms. The van der Waals surface area contributed by atoms with Gasteiger partial charge in [0, 0.05) is 6.42 Å². The van der Waals surface area contributed by atoms with E-state index in [9.17, 15) is 4.79 Å². The second-order valence-corrected chi connectivity index (χ2v) is 2.45. The first-order chi connectivity index (χ1) is 5.29. The van der Waals surface area contributed by atoms with Gasteiger partial charge in [-0.2, -0.15) is 0 Å². The van der Waals surface area contributed by atoms with Gasteiger partial charge in [0.15, 0.2) is 0 Å². The number of rotatable bonds is 3. The lowest BCUT2D eigenvalue weighted by atomic mass is 10.1. The maximum atomic E-state index is 10.4. The number of benzene rings is 1. The van der Waals surface area contributed by atoms with E-state index >= 15 is 0 Å². The predicted octanol–water partition coefficient (Wildman–Crippen LogP) is 1.10. The first-order valence-electron chi connectivity index (χ1n) is 3.61. The number of nitrogens with two attached hydrogens (primary N) is 1. The predicted molar refractivity (Wildman–Crippen MR) is 44.0 cm³/mol. The third-order valence-electron chi connectivity index (χ3n) is 1.50. The van der Waals surface area contributed by atoms with Gasteiger partial charge in [0.2, 0.25) is 5.91 Å². The van der Waals surface area contributed by atoms with Gasteiger partial charge in [0.1, 0.15) is 0 Å². The molecule has 0 unspecified atom stereocenters. The maximum absolute atomic E-state index is 10.4. The van der Waals surface area contributed by atoms with Crippen molar-refractivity contribution in [2.24, 2.45) is 5.73 Å². The summed E-state index contributed by atoms with van der Waals surface area (Å²) in [5.41, 5.74) is 6.16. The molecule has 0 saturated heterocycles. The standard InChI is InChI=1S/C9H11NO/c10-9(11)7-6-8-4-2-1-3-5-8/h1-5H,6-7H2,(H2,10,11)/i11+2. The summed E-state index contributed by atoms with van der Waals surface area (Å²) in [6.07, 6.45) is 1.18. The number of amides is 1. The van der Waals surface area contributed by atoms with Crippen molar-refractivity contribution in [3.63, 3.8) is 0 Å². The van der Waals surface area contributed by atoms with Gasteiger partial charge in [0.05, 0.1) is 0 Å². The number of carbonyl (C=O) groups is 1. The van der Waals surface area contributed by atoms with Crippen LogP contribution in [0.3, 0.4) is 0 Å². The Labute approximate surface area is 66.0 Å². The average Bonchev–Trinajstić information content (AvgIpc) is 2.03. The van der Waals surface area contributed by atoms with Gasteiger partial charge in [0.25, 0.3) is 0 Å². The van der Waals surface area contributed by atoms with E-state index in [1.807, 2.05) is 30.3 Å². The van der Waals surface area contributed by atoms with Crippen molar-refractivity contribution < 1.29 is 4.79 Å². The fourth-order valence-electron chi connectivity index (χ4n) is 0.912. The molecule has 1 amide bonds. The van der Waals surface area contributed by atoms with Crippen LogP contribution in [0.5, 0.6) is 0 Å². The number of carbonyl (C=O) groups excluding carboxylic acids is 1. The lowest BCUT2D eigenvalue weighted by Gasteiger charge is -1.96. The smallest absolute Gasteiger partial charge is 0.217 e. The Kier molecular flexibility index (Phi) is 2.66. The Hall–Kier alpha value is -1.31. The molecule has 1 rings (SSSR count). The highest BCUT2D eigenvalue weighted by atomic mass is 18.1. The van der Waals surface area contributed by atoms with E-state index in [2.05, 4.69) is 0 Å². The monoisotopic (exact) mass is 151 g/mol. The molecule has 0 atom stereocenters. The Balaban J connectivity index is 2.45. The fraction of sp³-hybridized carbons (Fsp3) is 0.222. The van der Waals surface area contributed by atoms with E-state index < -0.39 is 0 Å². The summed E-state index contributed by atoms with van der Waals surface area (Å²) in [7, 11) is 0. The Morgan fingerprint density at radius 1 is 1.27 bits per heavy atom. The van der Waals surface area contributed by atoms with Crippen LogP contribution >= 0.6 is 0 Å². The Morgan fingerprint density at radius 3 is 2.45 bits per heavy atom. The minimum absolute atomic E-state index is 0.242. The molecule has 2 N–H and O–H groups in total. The van der Waals surface area contributed by atoms with Gasteiger partial charge in [-0.05, 0) is 12.0 Å². The van der Waals surface area contributed by atoms with Crippen molar-refractivity contribution >= 4 is 5.91 Å². The first kappa shape index (κ1) is 7.79. The number of hydrogen-bond donors (Lipinski definition) is 1. The minimum Gasteiger partial charge on any atom is -0.370 e. The molecule has 0 fully saturated rings. The van der Waals surface area contributed by atoms with E-state index in [0.29, 0.717) is 6.42 Å². The van der Waals surface area contributed by atoms with Crippen LogP contribution in [0.25, 0.3) is 0 Å². The highest BCUT2D eigenvalue weighted by Gasteiger charge is 1.94. The lowest BCUT2D eigenvalue weighted by Crippen LogP contribution is -2.10. The zero-order valence-corrected chi connectivity index (χ0v) is 6.29. The quantitative estimate of drug-likeness (QED) is 0.646. The van der Waals surface area contributed by atoms with Crippen LogP contribution in [-0.2, 0) is 11.2 Å². The van der Waals surface area contributed by atoms with Gasteiger partial charge in [-0.3, -0.25) is 4.79 Å². The van der Waals surface area contributed by atoms with Gasteiger partial charge in [-0.15, -0.1) is 0 Å². The molecule has 1 aromatic carbocycles. The molecule has 1 aromatic rings. The van der Waals surface area contributed by atoms with Crippen LogP contribution < -0.4 is 5.73 Å². The molecule has 0 aliphatic carbocycles. The van der Waals surface area contributed by atoms with Gasteiger partial charge >= 0.3 is 0 Å². The zero-order valence-electron chi connectivity index (χ0n) is 6.29. The first-order valence-corrected chi connectivity index (χ1v) is 3.61. The van der Waals surface area contributed by atoms with Crippen LogP contribution in [0.4, 0.5) is 0 Å². The van der Waals surface area contributed by atoms with E-state index in [1.54, 1.807) is 0 Å². The summed E-state index contributed by atoms with van der Waals surface area (Å²) in [5, 5.41) is 0. The summed E-state index contributed by atoms with van der Waals surface area (Å²) < 4.78 is 0. The Morgan fingerprint density at radius 2 is 1.91 bits per heavy atom. The molecular formula is C9H11NO. The van der Waals surface area contributed by atoms with Crippen molar-refractivity contribution in [1.82, 2.24) is 0 Å². The third kappa shape index (κ3) is 2.85. The van der Waals surface area contributed by atoms with Crippen LogP contribution in [0, 0.1) is 0 Å². The molecule has 0 aliphatic heterocycles. The molecule has 0 heterocycles. The molecule has 0 saturated carbocycles. The van der Waals surface area contributed by atoms with Crippen molar-refractivity contribution in [2.75, 3.05) is 0 Å². The summed E-state index contributed by atoms with van der Waals surface area (Å²) in [6, 6.07) is 9.84. The molecule has 2 nitrogen and oxygen atoms in total. The van der Waals surface area contributed by atoms with Crippen molar-refractivity contribution in [1.29, 1.82) is 0 Å². The normalized spacial score (nSPS) is 9.45. The topological polar surface area (TPSA) is 43.1 Å². The molecule has 0 spiro atoms. The third-order valence-corrected chi connectivity index (χ3v) is 1.50. The molecule has 11 heavy (non-hydrogen) atoms. The molecular weight excluding hydrogens is 140 g/mol. The second kappa shape index (κ2) is 3.76. The van der Waals surface area contributed by atoms with Crippen LogP contribution in [0.1, 0.15) is 12.0 Å². The highest BCUT2D eigenvalue weighted by Crippen LogP contribution is 2.00. The van der Waals surface area contributed by atoms with Crippen LogP contribution in [-0.4, -0.2) is 5.91 Å². The largest absolute Gasteiger partial charge is 0.370 e. The highest BCUT2D eigenvalue weighted by molar-refractivity contribution is 5.73. The molecule has 0 aromatic heterocycles. The van der Waals surface area contributed by atoms with Crippen molar-refractivity contribution in [3.8, 4) is 0 Å². The maximum Gasteiger partial charge on any atom is 0.217 e. The summed E-state index contributed by atoms with van der Waals surface area (Å²) in [5.74, 6) is -0.242. The van der Waals surface area contributed by atoms with Gasteiger partial charge < -0.3 is 5.73 Å². The van der Waals surface area contributed by atoms with Crippen molar-refractivity contribution in [3.05, 3.63) is 35.9 Å².